The number of hydrogen-bond acceptors (Lipinski definition) is 6. The van der Waals surface area contributed by atoms with Crippen molar-refractivity contribution in [2.75, 3.05) is 0 Å². The zero-order valence-electron chi connectivity index (χ0n) is 7.36. The van der Waals surface area contributed by atoms with Gasteiger partial charge < -0.3 is 15.3 Å². The molecule has 0 aromatic rings. The third-order valence-corrected chi connectivity index (χ3v) is 0.302. The molecule has 10 heteroatoms. The molecule has 0 aliphatic carbocycles. The van der Waals surface area contributed by atoms with Crippen molar-refractivity contribution in [1.29, 1.82) is 0 Å². The molecule has 0 atom stereocenters. The smallest absolute Gasteiger partial charge is 0.368 e. The molecule has 0 saturated heterocycles. The van der Waals surface area contributed by atoms with Crippen LogP contribution in [0.2, 0.25) is 0 Å². The van der Waals surface area contributed by atoms with Crippen LogP contribution < -0.4 is 0 Å². The van der Waals surface area contributed by atoms with E-state index >= 15 is 0 Å². The van der Waals surface area contributed by atoms with Crippen LogP contribution in [0.1, 0.15) is 0 Å². The van der Waals surface area contributed by atoms with E-state index in [1.807, 2.05) is 0 Å². The number of hydrogen-bond donors (Lipinski definition) is 3. The Hall–Kier alpha value is -1.96. The van der Waals surface area contributed by atoms with Crippen molar-refractivity contribution in [1.82, 2.24) is 0 Å². The maximum absolute atomic E-state index is 9.00. The van der Waals surface area contributed by atoms with Gasteiger partial charge in [-0.3, -0.25) is 14.4 Å². The summed E-state index contributed by atoms with van der Waals surface area (Å²) in [5, 5.41) is 22.1. The van der Waals surface area contributed by atoms with Crippen molar-refractivity contribution in [2.45, 2.75) is 0 Å². The van der Waals surface area contributed by atoms with Gasteiger partial charge in [0.25, 0.3) is 0 Å². The first-order valence-electron chi connectivity index (χ1n) is 2.86. The topological polar surface area (TPSA) is 163 Å². The first-order valence-corrected chi connectivity index (χ1v) is 2.86. The monoisotopic (exact) mass is 325 g/mol. The minimum absolute atomic E-state index is 0. The summed E-state index contributed by atoms with van der Waals surface area (Å²) in [5.74, 6) is -4.28. The molecule has 9 nitrogen and oxygen atoms in total. The van der Waals surface area contributed by atoms with E-state index in [1.54, 1.807) is 0 Å². The van der Waals surface area contributed by atoms with E-state index in [9.17, 15) is 0 Å². The molecule has 0 aliphatic heterocycles. The van der Waals surface area contributed by atoms with E-state index in [1.165, 1.54) is 0 Å². The quantitative estimate of drug-likeness (QED) is 0.297. The van der Waals surface area contributed by atoms with Crippen LogP contribution in [0.3, 0.4) is 0 Å². The summed E-state index contributed by atoms with van der Waals surface area (Å²) in [7, 11) is 0. The summed E-state index contributed by atoms with van der Waals surface area (Å²) >= 11 is 0. The minimum Gasteiger partial charge on any atom is -0.476 e. The second-order valence-electron chi connectivity index (χ2n) is 1.37. The molecule has 0 saturated carbocycles. The fraction of sp³-hybridized carbons (Fsp3) is 0. The van der Waals surface area contributed by atoms with Crippen molar-refractivity contribution in [3.05, 3.63) is 0 Å². The van der Waals surface area contributed by atoms with Gasteiger partial charge in [-0.15, -0.1) is 0 Å². The predicted octanol–water partition coefficient (Wildman–Crippen LogP) is -2.19. The number of aliphatic carboxylic acids is 3. The first kappa shape index (κ1) is 23.7. The van der Waals surface area contributed by atoms with E-state index in [2.05, 4.69) is 0 Å². The van der Waals surface area contributed by atoms with E-state index in [0.717, 1.165) is 0 Å². The molecule has 0 rings (SSSR count). The van der Waals surface area contributed by atoms with E-state index in [0.29, 0.717) is 0 Å². The Kier molecular flexibility index (Phi) is 27.8. The van der Waals surface area contributed by atoms with Crippen molar-refractivity contribution in [2.24, 2.45) is 0 Å². The average molecular weight is 325 g/mol. The maximum atomic E-state index is 9.00. The summed E-state index contributed by atoms with van der Waals surface area (Å²) in [4.78, 5) is 53.7. The van der Waals surface area contributed by atoms with Crippen LogP contribution in [0.15, 0.2) is 0 Å². The van der Waals surface area contributed by atoms with Gasteiger partial charge in [0.2, 0.25) is 18.9 Å². The molecule has 0 bridgehead atoms. The summed E-state index contributed by atoms with van der Waals surface area (Å²) in [6.45, 7) is 0. The molecule has 0 heterocycles. The average Bonchev–Trinajstić information content (AvgIpc) is 2.19. The molecule has 0 aliphatic rings. The van der Waals surface area contributed by atoms with Gasteiger partial charge in [-0.1, -0.05) is 0 Å². The zero-order chi connectivity index (χ0) is 12.9. The Morgan fingerprint density at radius 1 is 0.625 bits per heavy atom. The normalized spacial score (nSPS) is 6.00. The molecule has 93 valence electrons. The number of carbonyl (C=O) groups excluding carboxylic acids is 3. The summed E-state index contributed by atoms with van der Waals surface area (Å²) in [6.07, 6.45) is -0.500. The Labute approximate surface area is 101 Å². The number of carboxylic acids is 3. The Morgan fingerprint density at radius 2 is 0.688 bits per heavy atom. The van der Waals surface area contributed by atoms with Gasteiger partial charge in [-0.05, 0) is 0 Å². The fourth-order valence-electron chi connectivity index (χ4n) is 0. The third kappa shape index (κ3) is 89.8. The third-order valence-electron chi connectivity index (χ3n) is 0.302. The maximum Gasteiger partial charge on any atom is 0.368 e. The molecule has 0 fully saturated rings. The SMILES string of the molecule is O=CC(=O)O.O=CC(=O)O.O=CC(=O)O.[Rh]. The van der Waals surface area contributed by atoms with Crippen LogP contribution in [0.25, 0.3) is 0 Å². The van der Waals surface area contributed by atoms with E-state index < -0.39 is 17.9 Å². The van der Waals surface area contributed by atoms with E-state index in [4.69, 9.17) is 44.1 Å². The van der Waals surface area contributed by atoms with Crippen molar-refractivity contribution < 1.29 is 63.6 Å². The molecular formula is C6H6O9Rh. The van der Waals surface area contributed by atoms with Gasteiger partial charge in [0.1, 0.15) is 0 Å². The Morgan fingerprint density at radius 3 is 0.688 bits per heavy atom. The predicted molar refractivity (Wildman–Crippen MR) is 41.1 cm³/mol. The van der Waals surface area contributed by atoms with Crippen LogP contribution in [0, 0.1) is 0 Å². The van der Waals surface area contributed by atoms with E-state index in [-0.39, 0.29) is 38.3 Å². The van der Waals surface area contributed by atoms with Crippen molar-refractivity contribution in [3.8, 4) is 0 Å². The Bertz CT molecular complexity index is 216. The molecule has 1 radical (unpaired) electrons. The molecule has 0 unspecified atom stereocenters. The largest absolute Gasteiger partial charge is 0.476 e. The number of aldehydes is 3. The molecule has 0 aromatic heterocycles. The second kappa shape index (κ2) is 18.8. The molecule has 0 aromatic carbocycles. The van der Waals surface area contributed by atoms with Crippen LogP contribution in [0.4, 0.5) is 0 Å². The van der Waals surface area contributed by atoms with Crippen LogP contribution in [-0.2, 0) is 48.2 Å². The molecule has 0 spiro atoms. The number of rotatable bonds is 3. The van der Waals surface area contributed by atoms with Gasteiger partial charge in [0.15, 0.2) is 0 Å². The second-order valence-corrected chi connectivity index (χ2v) is 1.37. The summed E-state index contributed by atoms with van der Waals surface area (Å²) in [6, 6.07) is 0. The van der Waals surface area contributed by atoms with Crippen molar-refractivity contribution >= 4 is 36.8 Å². The fourth-order valence-corrected chi connectivity index (χ4v) is 0. The first-order chi connectivity index (χ1) is 6.81. The zero-order valence-corrected chi connectivity index (χ0v) is 9.00. The Balaban J connectivity index is -0.0000000655. The molecule has 3 N–H and O–H groups in total. The molecule has 0 amide bonds. The minimum atomic E-state index is -1.43. The van der Waals surface area contributed by atoms with Gasteiger partial charge in [0, 0.05) is 19.5 Å². The molecule has 16 heavy (non-hydrogen) atoms. The summed E-state index contributed by atoms with van der Waals surface area (Å²) in [5.41, 5.74) is 0. The van der Waals surface area contributed by atoms with Gasteiger partial charge in [-0.25, -0.2) is 14.4 Å². The van der Waals surface area contributed by atoms with Gasteiger partial charge >= 0.3 is 17.9 Å². The standard InChI is InChI=1S/3C2H2O3.Rh/c3*3-1-2(4)5;/h3*1H,(H,4,5);. The molecular weight excluding hydrogens is 319 g/mol. The number of carboxylic acid groups (broad SMARTS) is 3. The van der Waals surface area contributed by atoms with Gasteiger partial charge in [0.05, 0.1) is 0 Å². The van der Waals surface area contributed by atoms with Crippen LogP contribution in [-0.4, -0.2) is 52.1 Å². The van der Waals surface area contributed by atoms with Gasteiger partial charge in [-0.2, -0.15) is 0 Å². The van der Waals surface area contributed by atoms with Crippen LogP contribution >= 0.6 is 0 Å². The summed E-state index contributed by atoms with van der Waals surface area (Å²) < 4.78 is 0. The van der Waals surface area contributed by atoms with Crippen molar-refractivity contribution in [3.63, 3.8) is 0 Å². The number of carbonyl (C=O) groups is 6. The van der Waals surface area contributed by atoms with Crippen LogP contribution in [0.5, 0.6) is 0 Å².